The second-order valence-corrected chi connectivity index (χ2v) is 6.70. The van der Waals surface area contributed by atoms with E-state index in [1.807, 2.05) is 11.3 Å². The zero-order valence-corrected chi connectivity index (χ0v) is 11.6. The number of hydrogen-bond donors (Lipinski definition) is 1. The Morgan fingerprint density at radius 1 is 1.60 bits per heavy atom. The molecule has 1 aromatic rings. The van der Waals surface area contributed by atoms with Crippen molar-refractivity contribution in [1.29, 1.82) is 0 Å². The molecule has 1 aromatic heterocycles. The fourth-order valence-electron chi connectivity index (χ4n) is 2.19. The van der Waals surface area contributed by atoms with Crippen molar-refractivity contribution >= 4 is 27.3 Å². The first-order valence-electron chi connectivity index (χ1n) is 5.82. The van der Waals surface area contributed by atoms with Gasteiger partial charge in [-0.1, -0.05) is 13.3 Å². The summed E-state index contributed by atoms with van der Waals surface area (Å²) in [5.74, 6) is 0. The molecule has 1 aliphatic rings. The zero-order chi connectivity index (χ0) is 10.7. The molecule has 0 fully saturated rings. The third kappa shape index (κ3) is 2.83. The molecule has 3 heteroatoms. The van der Waals surface area contributed by atoms with Crippen LogP contribution in [-0.4, -0.2) is 6.54 Å². The molecule has 1 N–H and O–H groups in total. The maximum Gasteiger partial charge on any atom is 0.0704 e. The highest BCUT2D eigenvalue weighted by molar-refractivity contribution is 9.11. The summed E-state index contributed by atoms with van der Waals surface area (Å²) < 4.78 is 1.29. The largest absolute Gasteiger partial charge is 0.310 e. The van der Waals surface area contributed by atoms with Crippen LogP contribution in [0.15, 0.2) is 9.85 Å². The van der Waals surface area contributed by atoms with Gasteiger partial charge in [-0.05, 0) is 59.8 Å². The number of unbranched alkanes of at least 4 members (excludes halogenated alkanes) is 1. The Morgan fingerprint density at radius 3 is 3.27 bits per heavy atom. The minimum atomic E-state index is 0.614. The Labute approximate surface area is 104 Å². The van der Waals surface area contributed by atoms with E-state index in [2.05, 4.69) is 34.2 Å². The maximum absolute atomic E-state index is 3.68. The van der Waals surface area contributed by atoms with Gasteiger partial charge < -0.3 is 5.32 Å². The lowest BCUT2D eigenvalue weighted by Crippen LogP contribution is -2.25. The molecule has 0 saturated carbocycles. The number of hydrogen-bond acceptors (Lipinski definition) is 2. The van der Waals surface area contributed by atoms with E-state index in [-0.39, 0.29) is 0 Å². The number of rotatable bonds is 4. The molecule has 0 aromatic carbocycles. The highest BCUT2D eigenvalue weighted by Crippen LogP contribution is 2.37. The molecule has 1 atom stereocenters. The first-order chi connectivity index (χ1) is 7.31. The van der Waals surface area contributed by atoms with Crippen LogP contribution in [0.25, 0.3) is 0 Å². The Hall–Kier alpha value is 0.140. The molecule has 1 unspecified atom stereocenters. The van der Waals surface area contributed by atoms with Gasteiger partial charge in [-0.3, -0.25) is 0 Å². The summed E-state index contributed by atoms with van der Waals surface area (Å²) in [6.45, 7) is 3.41. The highest BCUT2D eigenvalue weighted by Gasteiger charge is 2.21. The van der Waals surface area contributed by atoms with Crippen LogP contribution < -0.4 is 5.32 Å². The van der Waals surface area contributed by atoms with Crippen molar-refractivity contribution in [3.63, 3.8) is 0 Å². The van der Waals surface area contributed by atoms with Gasteiger partial charge in [-0.2, -0.15) is 0 Å². The second kappa shape index (κ2) is 5.46. The minimum absolute atomic E-state index is 0.614. The summed E-state index contributed by atoms with van der Waals surface area (Å²) in [6.07, 6.45) is 6.48. The van der Waals surface area contributed by atoms with Gasteiger partial charge in [0.05, 0.1) is 3.79 Å². The number of thiophene rings is 1. The molecule has 1 aliphatic carbocycles. The maximum atomic E-state index is 3.68. The number of nitrogens with one attached hydrogen (secondary N) is 1. The molecule has 15 heavy (non-hydrogen) atoms. The van der Waals surface area contributed by atoms with Crippen LogP contribution in [0, 0.1) is 0 Å². The molecule has 0 amide bonds. The molecular formula is C12H18BrNS. The van der Waals surface area contributed by atoms with Gasteiger partial charge in [0.2, 0.25) is 0 Å². The molecule has 84 valence electrons. The Kier molecular flexibility index (Phi) is 4.23. The summed E-state index contributed by atoms with van der Waals surface area (Å²) in [5, 5.41) is 3.68. The number of aryl methyl sites for hydroxylation is 1. The summed E-state index contributed by atoms with van der Waals surface area (Å²) >= 11 is 5.50. The molecule has 0 aliphatic heterocycles. The van der Waals surface area contributed by atoms with Gasteiger partial charge in [0.25, 0.3) is 0 Å². The van der Waals surface area contributed by atoms with Crippen LogP contribution in [0.5, 0.6) is 0 Å². The number of halogens is 1. The molecule has 0 spiro atoms. The minimum Gasteiger partial charge on any atom is -0.310 e. The summed E-state index contributed by atoms with van der Waals surface area (Å²) in [5.41, 5.74) is 1.55. The molecule has 0 radical (unpaired) electrons. The summed E-state index contributed by atoms with van der Waals surface area (Å²) in [7, 11) is 0. The lowest BCUT2D eigenvalue weighted by molar-refractivity contribution is 0.458. The van der Waals surface area contributed by atoms with Crippen molar-refractivity contribution in [3.05, 3.63) is 20.3 Å². The summed E-state index contributed by atoms with van der Waals surface area (Å²) in [6, 6.07) is 2.92. The van der Waals surface area contributed by atoms with Gasteiger partial charge in [-0.25, -0.2) is 0 Å². The van der Waals surface area contributed by atoms with Gasteiger partial charge in [0.15, 0.2) is 0 Å². The van der Waals surface area contributed by atoms with Crippen molar-refractivity contribution in [3.8, 4) is 0 Å². The smallest absolute Gasteiger partial charge is 0.0704 e. The average Bonchev–Trinajstić information content (AvgIpc) is 2.59. The van der Waals surface area contributed by atoms with Crippen LogP contribution in [0.1, 0.15) is 49.1 Å². The van der Waals surface area contributed by atoms with Crippen molar-refractivity contribution < 1.29 is 0 Å². The normalized spacial score (nSPS) is 20.3. The Bertz CT molecular complexity index is 321. The molecule has 1 nitrogen and oxygen atoms in total. The lowest BCUT2D eigenvalue weighted by Gasteiger charge is -2.23. The predicted octanol–water partition coefficient (Wildman–Crippen LogP) is 4.28. The van der Waals surface area contributed by atoms with Crippen molar-refractivity contribution in [2.24, 2.45) is 0 Å². The van der Waals surface area contributed by atoms with E-state index < -0.39 is 0 Å². The van der Waals surface area contributed by atoms with E-state index in [0.717, 1.165) is 6.54 Å². The van der Waals surface area contributed by atoms with Crippen molar-refractivity contribution in [2.45, 2.75) is 45.1 Å². The third-order valence-corrected chi connectivity index (χ3v) is 4.72. The quantitative estimate of drug-likeness (QED) is 0.815. The van der Waals surface area contributed by atoms with Crippen LogP contribution in [0.2, 0.25) is 0 Å². The summed E-state index contributed by atoms with van der Waals surface area (Å²) in [4.78, 5) is 1.59. The average molecular weight is 288 g/mol. The van der Waals surface area contributed by atoms with E-state index in [9.17, 15) is 0 Å². The van der Waals surface area contributed by atoms with E-state index in [1.165, 1.54) is 35.9 Å². The zero-order valence-electron chi connectivity index (χ0n) is 9.18. The van der Waals surface area contributed by atoms with E-state index in [4.69, 9.17) is 0 Å². The van der Waals surface area contributed by atoms with Crippen molar-refractivity contribution in [2.75, 3.05) is 6.54 Å². The van der Waals surface area contributed by atoms with Gasteiger partial charge >= 0.3 is 0 Å². The molecule has 1 heterocycles. The monoisotopic (exact) mass is 287 g/mol. The topological polar surface area (TPSA) is 12.0 Å². The fourth-order valence-corrected chi connectivity index (χ4v) is 4.01. The standard InChI is InChI=1S/C12H18BrNS/c1-2-3-7-14-10-5-4-6-11-9(10)8-12(13)15-11/h8,10,14H,2-7H2,1H3. The fraction of sp³-hybridized carbons (Fsp3) is 0.667. The highest BCUT2D eigenvalue weighted by atomic mass is 79.9. The Morgan fingerprint density at radius 2 is 2.47 bits per heavy atom. The first kappa shape index (κ1) is 11.6. The molecule has 0 bridgehead atoms. The third-order valence-electron chi connectivity index (χ3n) is 3.00. The molecular weight excluding hydrogens is 270 g/mol. The van der Waals surface area contributed by atoms with Gasteiger partial charge in [0, 0.05) is 10.9 Å². The SMILES string of the molecule is CCCCNC1CCCc2sc(Br)cc21. The van der Waals surface area contributed by atoms with E-state index in [0.29, 0.717) is 6.04 Å². The Balaban J connectivity index is 2.01. The first-order valence-corrected chi connectivity index (χ1v) is 7.43. The predicted molar refractivity (Wildman–Crippen MR) is 70.6 cm³/mol. The molecule has 0 saturated heterocycles. The van der Waals surface area contributed by atoms with Crippen LogP contribution in [0.4, 0.5) is 0 Å². The van der Waals surface area contributed by atoms with Crippen molar-refractivity contribution in [1.82, 2.24) is 5.32 Å². The molecule has 2 rings (SSSR count). The lowest BCUT2D eigenvalue weighted by atomic mass is 9.94. The van der Waals surface area contributed by atoms with Gasteiger partial charge in [0.1, 0.15) is 0 Å². The van der Waals surface area contributed by atoms with Crippen LogP contribution in [0.3, 0.4) is 0 Å². The number of fused-ring (bicyclic) bond motifs is 1. The van der Waals surface area contributed by atoms with Gasteiger partial charge in [-0.15, -0.1) is 11.3 Å². The van der Waals surface area contributed by atoms with Crippen LogP contribution >= 0.6 is 27.3 Å². The second-order valence-electron chi connectivity index (χ2n) is 4.18. The van der Waals surface area contributed by atoms with E-state index >= 15 is 0 Å². The van der Waals surface area contributed by atoms with Crippen LogP contribution in [-0.2, 0) is 6.42 Å². The van der Waals surface area contributed by atoms with E-state index in [1.54, 1.807) is 10.4 Å².